The summed E-state index contributed by atoms with van der Waals surface area (Å²) in [5.74, 6) is 0. The molecular weight excluding hydrogens is 965 g/mol. The van der Waals surface area contributed by atoms with Crippen LogP contribution < -0.4 is 0 Å². The van der Waals surface area contributed by atoms with Crippen LogP contribution in [-0.4, -0.2) is 9.13 Å². The Morgan fingerprint density at radius 1 is 0.212 bits per heavy atom. The third-order valence-electron chi connectivity index (χ3n) is 18.1. The van der Waals surface area contributed by atoms with E-state index in [1.807, 2.05) is 0 Å². The first kappa shape index (κ1) is 46.3. The van der Waals surface area contributed by atoms with Crippen molar-refractivity contribution in [3.05, 3.63) is 289 Å². The van der Waals surface area contributed by atoms with E-state index in [2.05, 4.69) is 304 Å². The normalized spacial score (nSPS) is 13.7. The molecule has 2 aliphatic rings. The number of nitrogens with zero attached hydrogens (tertiary/aromatic N) is 2. The van der Waals surface area contributed by atoms with Crippen LogP contribution in [0.4, 0.5) is 0 Å². The molecule has 0 spiro atoms. The summed E-state index contributed by atoms with van der Waals surface area (Å²) in [6.45, 7) is 9.48. The number of benzene rings is 12. The third-order valence-corrected chi connectivity index (χ3v) is 18.1. The Hall–Kier alpha value is -9.76. The van der Waals surface area contributed by atoms with Crippen molar-refractivity contribution in [2.75, 3.05) is 0 Å². The number of fused-ring (bicyclic) bond motifs is 12. The van der Waals surface area contributed by atoms with Gasteiger partial charge in [0.15, 0.2) is 0 Å². The number of hydrogen-bond acceptors (Lipinski definition) is 0. The van der Waals surface area contributed by atoms with Gasteiger partial charge in [-0.2, -0.15) is 0 Å². The van der Waals surface area contributed by atoms with E-state index in [4.69, 9.17) is 0 Å². The van der Waals surface area contributed by atoms with Crippen molar-refractivity contribution >= 4 is 43.6 Å². The van der Waals surface area contributed by atoms with Gasteiger partial charge in [0.05, 0.1) is 22.1 Å². The Bertz CT molecular complexity index is 4560. The second kappa shape index (κ2) is 17.4. The quantitative estimate of drug-likeness (QED) is 0.151. The van der Waals surface area contributed by atoms with Crippen LogP contribution in [0.1, 0.15) is 49.9 Å². The maximum absolute atomic E-state index is 2.49. The van der Waals surface area contributed by atoms with Crippen LogP contribution in [0.3, 0.4) is 0 Å². The third kappa shape index (κ3) is 6.98. The standard InChI is InChI=1S/C78H56N2/c1-77(2)69-27-15-11-23-61(69)63-37-33-59(47-71(63)77)79-73-29-17-13-25-65(73)67-35-31-51(45-75(67)79)55-39-53(49-19-7-5-8-20-49)41-57(43-55)58-42-54(50-21-9-6-10-22-50)40-56(44-58)52-32-36-68-66-26-14-18-30-74(66)80(76(68)46-52)60-34-38-64-62-24-12-16-28-70(62)78(3,4)72(64)48-60/h5-48H,1-4H3. The molecule has 14 aromatic rings. The largest absolute Gasteiger partial charge is 0.309 e. The van der Waals surface area contributed by atoms with Crippen LogP contribution >= 0.6 is 0 Å². The summed E-state index contributed by atoms with van der Waals surface area (Å²) < 4.78 is 4.98. The van der Waals surface area contributed by atoms with E-state index >= 15 is 0 Å². The molecule has 2 heteroatoms. The number of aromatic nitrogens is 2. The van der Waals surface area contributed by atoms with E-state index in [0.717, 1.165) is 0 Å². The highest BCUT2D eigenvalue weighted by Gasteiger charge is 2.37. The fourth-order valence-electron chi connectivity index (χ4n) is 14.0. The van der Waals surface area contributed by atoms with Gasteiger partial charge in [0.2, 0.25) is 0 Å². The van der Waals surface area contributed by atoms with Crippen LogP contribution in [0.5, 0.6) is 0 Å². The maximum atomic E-state index is 2.49. The summed E-state index contributed by atoms with van der Waals surface area (Å²) in [5.41, 5.74) is 29.5. The molecule has 0 bridgehead atoms. The minimum absolute atomic E-state index is 0.112. The van der Waals surface area contributed by atoms with Crippen molar-refractivity contribution in [3.63, 3.8) is 0 Å². The molecule has 0 radical (unpaired) electrons. The molecule has 0 atom stereocenters. The predicted molar refractivity (Wildman–Crippen MR) is 337 cm³/mol. The Morgan fingerprint density at radius 3 is 0.963 bits per heavy atom. The van der Waals surface area contributed by atoms with Crippen molar-refractivity contribution < 1.29 is 0 Å². The molecule has 16 rings (SSSR count). The van der Waals surface area contributed by atoms with Gasteiger partial charge < -0.3 is 9.13 Å². The molecule has 0 aliphatic heterocycles. The molecule has 2 heterocycles. The second-order valence-corrected chi connectivity index (χ2v) is 23.3. The minimum Gasteiger partial charge on any atom is -0.309 e. The zero-order valence-electron chi connectivity index (χ0n) is 45.3. The van der Waals surface area contributed by atoms with Gasteiger partial charge in [-0.15, -0.1) is 0 Å². The number of hydrogen-bond donors (Lipinski definition) is 0. The van der Waals surface area contributed by atoms with Crippen molar-refractivity contribution in [1.29, 1.82) is 0 Å². The fourth-order valence-corrected chi connectivity index (χ4v) is 14.0. The SMILES string of the molecule is CC1(C)c2ccccc2-c2ccc(-n3c4ccccc4c4ccc(-c5cc(-c6ccccc6)cc(-c6cc(-c7ccccc7)cc(-c7ccc8c9ccccc9n(-c9ccc%10c(c9)C(C)(C)c9ccccc9-%10)c8c7)c6)c5)cc43)cc21. The molecule has 0 fully saturated rings. The van der Waals surface area contributed by atoms with Gasteiger partial charge in [0, 0.05) is 43.7 Å². The van der Waals surface area contributed by atoms with Crippen molar-refractivity contribution in [2.45, 2.75) is 38.5 Å². The second-order valence-electron chi connectivity index (χ2n) is 23.3. The van der Waals surface area contributed by atoms with Gasteiger partial charge in [-0.3, -0.25) is 0 Å². The first-order valence-electron chi connectivity index (χ1n) is 28.1. The lowest BCUT2D eigenvalue weighted by Crippen LogP contribution is -2.15. The highest BCUT2D eigenvalue weighted by Crippen LogP contribution is 2.52. The Morgan fingerprint density at radius 2 is 0.537 bits per heavy atom. The van der Waals surface area contributed by atoms with Crippen LogP contribution in [0.2, 0.25) is 0 Å². The maximum Gasteiger partial charge on any atom is 0.0547 e. The highest BCUT2D eigenvalue weighted by molar-refractivity contribution is 6.12. The summed E-state index contributed by atoms with van der Waals surface area (Å²) >= 11 is 0. The van der Waals surface area contributed by atoms with Crippen molar-refractivity contribution in [1.82, 2.24) is 9.13 Å². The van der Waals surface area contributed by atoms with Gasteiger partial charge in [0.25, 0.3) is 0 Å². The van der Waals surface area contributed by atoms with E-state index in [-0.39, 0.29) is 10.8 Å². The summed E-state index contributed by atoms with van der Waals surface area (Å²) in [6, 6.07) is 100. The lowest BCUT2D eigenvalue weighted by atomic mass is 9.82. The van der Waals surface area contributed by atoms with Gasteiger partial charge in [-0.05, 0) is 185 Å². The summed E-state index contributed by atoms with van der Waals surface area (Å²) in [5, 5.41) is 4.99. The lowest BCUT2D eigenvalue weighted by molar-refractivity contribution is 0.660. The molecule has 12 aromatic carbocycles. The molecule has 0 N–H and O–H groups in total. The van der Waals surface area contributed by atoms with E-state index in [1.54, 1.807) is 0 Å². The van der Waals surface area contributed by atoms with E-state index in [1.165, 1.54) is 155 Å². The molecule has 0 saturated heterocycles. The number of rotatable bonds is 7. The molecule has 0 unspecified atom stereocenters. The smallest absolute Gasteiger partial charge is 0.0547 e. The van der Waals surface area contributed by atoms with Crippen molar-refractivity contribution in [3.8, 4) is 89.3 Å². The lowest BCUT2D eigenvalue weighted by Gasteiger charge is -2.22. The molecular formula is C78H56N2. The Labute approximate surface area is 467 Å². The molecule has 2 aromatic heterocycles. The zero-order chi connectivity index (χ0) is 53.4. The molecule has 80 heavy (non-hydrogen) atoms. The predicted octanol–water partition coefficient (Wildman–Crippen LogP) is 20.8. The molecule has 0 saturated carbocycles. The summed E-state index contributed by atoms with van der Waals surface area (Å²) in [7, 11) is 0. The zero-order valence-corrected chi connectivity index (χ0v) is 45.3. The minimum atomic E-state index is -0.112. The van der Waals surface area contributed by atoms with Crippen LogP contribution in [0, 0.1) is 0 Å². The Kier molecular flexibility index (Phi) is 10.1. The first-order valence-corrected chi connectivity index (χ1v) is 28.1. The molecule has 2 nitrogen and oxygen atoms in total. The Balaban J connectivity index is 0.872. The van der Waals surface area contributed by atoms with Gasteiger partial charge >= 0.3 is 0 Å². The first-order chi connectivity index (χ1) is 39.2. The average Bonchev–Trinajstić information content (AvgIpc) is 4.23. The van der Waals surface area contributed by atoms with Gasteiger partial charge in [-0.25, -0.2) is 0 Å². The fraction of sp³-hybridized carbons (Fsp3) is 0.0769. The van der Waals surface area contributed by atoms with Crippen LogP contribution in [-0.2, 0) is 10.8 Å². The van der Waals surface area contributed by atoms with Gasteiger partial charge in [0.1, 0.15) is 0 Å². The van der Waals surface area contributed by atoms with Crippen molar-refractivity contribution in [2.24, 2.45) is 0 Å². The van der Waals surface area contributed by atoms with Crippen LogP contribution in [0.25, 0.3) is 133 Å². The van der Waals surface area contributed by atoms with E-state index in [0.29, 0.717) is 0 Å². The van der Waals surface area contributed by atoms with Crippen LogP contribution in [0.15, 0.2) is 267 Å². The van der Waals surface area contributed by atoms with E-state index < -0.39 is 0 Å². The molecule has 0 amide bonds. The topological polar surface area (TPSA) is 9.86 Å². The summed E-state index contributed by atoms with van der Waals surface area (Å²) in [4.78, 5) is 0. The van der Waals surface area contributed by atoms with E-state index in [9.17, 15) is 0 Å². The average molecular weight is 1020 g/mol. The van der Waals surface area contributed by atoms with Gasteiger partial charge in [-0.1, -0.05) is 210 Å². The summed E-state index contributed by atoms with van der Waals surface area (Å²) in [6.07, 6.45) is 0. The number of para-hydroxylation sites is 2. The highest BCUT2D eigenvalue weighted by atomic mass is 15.0. The molecule has 2 aliphatic carbocycles. The monoisotopic (exact) mass is 1020 g/mol. The molecule has 378 valence electrons.